The Bertz CT molecular complexity index is 493. The SMILES string of the molecule is Cc1ccc(C(N)=O)cc1NC(=O)C1CCNCC1. The second-order valence-corrected chi connectivity index (χ2v) is 4.91. The molecule has 0 aromatic heterocycles. The monoisotopic (exact) mass is 261 g/mol. The van der Waals surface area contributed by atoms with Gasteiger partial charge in [0.15, 0.2) is 0 Å². The van der Waals surface area contributed by atoms with Crippen LogP contribution in [-0.2, 0) is 4.79 Å². The minimum absolute atomic E-state index is 0.0196. The molecular formula is C14H19N3O2. The first-order chi connectivity index (χ1) is 9.08. The molecule has 1 aliphatic rings. The fourth-order valence-corrected chi connectivity index (χ4v) is 2.23. The maximum Gasteiger partial charge on any atom is 0.248 e. The zero-order chi connectivity index (χ0) is 13.8. The third-order valence-electron chi connectivity index (χ3n) is 3.49. The third-order valence-corrected chi connectivity index (χ3v) is 3.49. The van der Waals surface area contributed by atoms with Crippen molar-refractivity contribution >= 4 is 17.5 Å². The summed E-state index contributed by atoms with van der Waals surface area (Å²) in [6.07, 6.45) is 1.70. The lowest BCUT2D eigenvalue weighted by Crippen LogP contribution is -2.34. The van der Waals surface area contributed by atoms with Gasteiger partial charge in [-0.1, -0.05) is 6.07 Å². The van der Waals surface area contributed by atoms with E-state index in [4.69, 9.17) is 5.73 Å². The Labute approximate surface area is 112 Å². The maximum atomic E-state index is 12.1. The molecule has 19 heavy (non-hydrogen) atoms. The van der Waals surface area contributed by atoms with Gasteiger partial charge in [-0.3, -0.25) is 9.59 Å². The maximum absolute atomic E-state index is 12.1. The number of hydrogen-bond donors (Lipinski definition) is 3. The van der Waals surface area contributed by atoms with E-state index in [2.05, 4.69) is 10.6 Å². The van der Waals surface area contributed by atoms with Gasteiger partial charge in [-0.05, 0) is 50.6 Å². The molecule has 1 aromatic carbocycles. The number of amides is 2. The highest BCUT2D eigenvalue weighted by molar-refractivity contribution is 5.97. The Morgan fingerprint density at radius 2 is 2.00 bits per heavy atom. The zero-order valence-electron chi connectivity index (χ0n) is 11.0. The highest BCUT2D eigenvalue weighted by Gasteiger charge is 2.21. The van der Waals surface area contributed by atoms with Crippen LogP contribution in [0.2, 0.25) is 0 Å². The van der Waals surface area contributed by atoms with Crippen LogP contribution in [0.1, 0.15) is 28.8 Å². The standard InChI is InChI=1S/C14H19N3O2/c1-9-2-3-11(13(15)18)8-12(9)17-14(19)10-4-6-16-7-5-10/h2-3,8,10,16H,4-7H2,1H3,(H2,15,18)(H,17,19). The molecule has 1 saturated heterocycles. The van der Waals surface area contributed by atoms with Gasteiger partial charge < -0.3 is 16.4 Å². The number of nitrogens with one attached hydrogen (secondary N) is 2. The molecule has 0 unspecified atom stereocenters. The van der Waals surface area contributed by atoms with E-state index >= 15 is 0 Å². The van der Waals surface area contributed by atoms with Crippen LogP contribution in [0.3, 0.4) is 0 Å². The predicted octanol–water partition coefficient (Wildman–Crippen LogP) is 1.03. The van der Waals surface area contributed by atoms with E-state index in [1.165, 1.54) is 0 Å². The Hall–Kier alpha value is -1.88. The van der Waals surface area contributed by atoms with Crippen LogP contribution in [0.25, 0.3) is 0 Å². The molecule has 1 fully saturated rings. The van der Waals surface area contributed by atoms with Crippen molar-refractivity contribution in [1.82, 2.24) is 5.32 Å². The average Bonchev–Trinajstić information content (AvgIpc) is 2.42. The first kappa shape index (κ1) is 13.5. The van der Waals surface area contributed by atoms with Gasteiger partial charge in [-0.25, -0.2) is 0 Å². The molecule has 0 aliphatic carbocycles. The largest absolute Gasteiger partial charge is 0.366 e. The quantitative estimate of drug-likeness (QED) is 0.760. The molecule has 0 radical (unpaired) electrons. The second kappa shape index (κ2) is 5.84. The number of carbonyl (C=O) groups excluding carboxylic acids is 2. The molecule has 4 N–H and O–H groups in total. The molecule has 5 heteroatoms. The van der Waals surface area contributed by atoms with Crippen LogP contribution < -0.4 is 16.4 Å². The smallest absolute Gasteiger partial charge is 0.248 e. The average molecular weight is 261 g/mol. The van der Waals surface area contributed by atoms with Crippen LogP contribution in [0.15, 0.2) is 18.2 Å². The van der Waals surface area contributed by atoms with E-state index in [1.807, 2.05) is 6.92 Å². The Morgan fingerprint density at radius 1 is 1.32 bits per heavy atom. The Kier molecular flexibility index (Phi) is 4.16. The van der Waals surface area contributed by atoms with Crippen molar-refractivity contribution in [3.63, 3.8) is 0 Å². The lowest BCUT2D eigenvalue weighted by atomic mass is 9.97. The number of rotatable bonds is 3. The molecule has 1 aromatic rings. The molecule has 1 heterocycles. The van der Waals surface area contributed by atoms with Crippen LogP contribution in [-0.4, -0.2) is 24.9 Å². The Morgan fingerprint density at radius 3 is 2.63 bits per heavy atom. The molecule has 0 saturated carbocycles. The number of anilines is 1. The van der Waals surface area contributed by atoms with Crippen molar-refractivity contribution < 1.29 is 9.59 Å². The fourth-order valence-electron chi connectivity index (χ4n) is 2.23. The number of carbonyl (C=O) groups is 2. The van der Waals surface area contributed by atoms with E-state index in [9.17, 15) is 9.59 Å². The number of benzene rings is 1. The number of nitrogens with two attached hydrogens (primary N) is 1. The number of piperidine rings is 1. The van der Waals surface area contributed by atoms with Crippen molar-refractivity contribution in [2.75, 3.05) is 18.4 Å². The highest BCUT2D eigenvalue weighted by Crippen LogP contribution is 2.20. The van der Waals surface area contributed by atoms with Crippen LogP contribution in [0.4, 0.5) is 5.69 Å². The third kappa shape index (κ3) is 3.32. The predicted molar refractivity (Wildman–Crippen MR) is 73.9 cm³/mol. The summed E-state index contributed by atoms with van der Waals surface area (Å²) in [5.41, 5.74) is 7.24. The second-order valence-electron chi connectivity index (χ2n) is 4.91. The molecule has 2 rings (SSSR count). The van der Waals surface area contributed by atoms with Gasteiger partial charge in [0.05, 0.1) is 0 Å². The van der Waals surface area contributed by atoms with Gasteiger partial charge in [0, 0.05) is 17.2 Å². The normalized spacial score (nSPS) is 16.1. The van der Waals surface area contributed by atoms with Crippen LogP contribution >= 0.6 is 0 Å². The van der Waals surface area contributed by atoms with Crippen molar-refractivity contribution in [2.45, 2.75) is 19.8 Å². The first-order valence-electron chi connectivity index (χ1n) is 6.50. The summed E-state index contributed by atoms with van der Waals surface area (Å²) in [7, 11) is 0. The first-order valence-corrected chi connectivity index (χ1v) is 6.50. The minimum Gasteiger partial charge on any atom is -0.366 e. The van der Waals surface area contributed by atoms with E-state index < -0.39 is 5.91 Å². The van der Waals surface area contributed by atoms with E-state index in [0.717, 1.165) is 31.5 Å². The van der Waals surface area contributed by atoms with E-state index in [-0.39, 0.29) is 11.8 Å². The summed E-state index contributed by atoms with van der Waals surface area (Å²) in [4.78, 5) is 23.3. The number of primary amides is 1. The van der Waals surface area contributed by atoms with Gasteiger partial charge in [0.1, 0.15) is 0 Å². The van der Waals surface area contributed by atoms with Crippen molar-refractivity contribution in [1.29, 1.82) is 0 Å². The lowest BCUT2D eigenvalue weighted by Gasteiger charge is -2.22. The zero-order valence-corrected chi connectivity index (χ0v) is 11.0. The van der Waals surface area contributed by atoms with Crippen molar-refractivity contribution in [2.24, 2.45) is 11.7 Å². The van der Waals surface area contributed by atoms with Crippen molar-refractivity contribution in [3.8, 4) is 0 Å². The van der Waals surface area contributed by atoms with Gasteiger partial charge >= 0.3 is 0 Å². The topological polar surface area (TPSA) is 84.2 Å². The molecule has 5 nitrogen and oxygen atoms in total. The van der Waals surface area contributed by atoms with E-state index in [0.29, 0.717) is 11.3 Å². The minimum atomic E-state index is -0.489. The highest BCUT2D eigenvalue weighted by atomic mass is 16.2. The fraction of sp³-hybridized carbons (Fsp3) is 0.429. The van der Waals surface area contributed by atoms with Gasteiger partial charge in [0.2, 0.25) is 11.8 Å². The van der Waals surface area contributed by atoms with Gasteiger partial charge in [-0.15, -0.1) is 0 Å². The lowest BCUT2D eigenvalue weighted by molar-refractivity contribution is -0.120. The molecule has 1 aliphatic heterocycles. The van der Waals surface area contributed by atoms with Crippen molar-refractivity contribution in [3.05, 3.63) is 29.3 Å². The molecule has 0 spiro atoms. The molecule has 0 atom stereocenters. The Balaban J connectivity index is 2.11. The van der Waals surface area contributed by atoms with Gasteiger partial charge in [-0.2, -0.15) is 0 Å². The summed E-state index contributed by atoms with van der Waals surface area (Å²) < 4.78 is 0. The molecule has 102 valence electrons. The van der Waals surface area contributed by atoms with E-state index in [1.54, 1.807) is 18.2 Å². The van der Waals surface area contributed by atoms with Gasteiger partial charge in [0.25, 0.3) is 0 Å². The van der Waals surface area contributed by atoms with Crippen LogP contribution in [0, 0.1) is 12.8 Å². The molecule has 0 bridgehead atoms. The summed E-state index contributed by atoms with van der Waals surface area (Å²) in [5.74, 6) is -0.429. The summed E-state index contributed by atoms with van der Waals surface area (Å²) in [6.45, 7) is 3.64. The summed E-state index contributed by atoms with van der Waals surface area (Å²) >= 11 is 0. The van der Waals surface area contributed by atoms with Crippen LogP contribution in [0.5, 0.6) is 0 Å². The number of hydrogen-bond acceptors (Lipinski definition) is 3. The summed E-state index contributed by atoms with van der Waals surface area (Å²) in [5, 5.41) is 6.13. The summed E-state index contributed by atoms with van der Waals surface area (Å²) in [6, 6.07) is 5.09. The molecular weight excluding hydrogens is 242 g/mol. The number of aryl methyl sites for hydroxylation is 1. The molecule has 2 amide bonds.